The normalized spacial score (nSPS) is 16.1. The fourth-order valence-corrected chi connectivity index (χ4v) is 4.39. The lowest BCUT2D eigenvalue weighted by Gasteiger charge is -2.15. The van der Waals surface area contributed by atoms with E-state index in [0.29, 0.717) is 19.1 Å². The maximum absolute atomic E-state index is 6.15. The number of hydrogen-bond donors (Lipinski definition) is 2. The average molecular weight is 559 g/mol. The molecule has 1 aliphatic rings. The number of thiazole rings is 1. The summed E-state index contributed by atoms with van der Waals surface area (Å²) in [6.07, 6.45) is 2.02. The van der Waals surface area contributed by atoms with Gasteiger partial charge in [0, 0.05) is 42.5 Å². The van der Waals surface area contributed by atoms with Crippen LogP contribution in [-0.4, -0.2) is 43.9 Å². The van der Waals surface area contributed by atoms with Crippen LogP contribution in [0.4, 0.5) is 0 Å². The van der Waals surface area contributed by atoms with E-state index in [4.69, 9.17) is 14.5 Å². The van der Waals surface area contributed by atoms with Crippen molar-refractivity contribution in [2.24, 2.45) is 10.9 Å². The smallest absolute Gasteiger partial charge is 0.191 e. The van der Waals surface area contributed by atoms with E-state index in [-0.39, 0.29) is 24.0 Å². The molecule has 0 amide bonds. The first-order valence-corrected chi connectivity index (χ1v) is 11.6. The Balaban J connectivity index is 0.00000341. The number of rotatable bonds is 9. The minimum absolute atomic E-state index is 0. The summed E-state index contributed by atoms with van der Waals surface area (Å²) in [5, 5.41) is 7.90. The van der Waals surface area contributed by atoms with Crippen molar-refractivity contribution in [1.82, 2.24) is 15.6 Å². The Kier molecular flexibility index (Phi) is 11.0. The van der Waals surface area contributed by atoms with Gasteiger partial charge in [-0.05, 0) is 45.7 Å². The lowest BCUT2D eigenvalue weighted by molar-refractivity contribution is 0.166. The number of halogens is 1. The van der Waals surface area contributed by atoms with E-state index in [0.717, 1.165) is 67.1 Å². The van der Waals surface area contributed by atoms with Gasteiger partial charge in [-0.3, -0.25) is 0 Å². The van der Waals surface area contributed by atoms with E-state index in [1.165, 1.54) is 10.4 Å². The molecule has 1 aromatic carbocycles. The van der Waals surface area contributed by atoms with Crippen LogP contribution in [0.3, 0.4) is 0 Å². The van der Waals surface area contributed by atoms with Crippen molar-refractivity contribution >= 4 is 41.3 Å². The van der Waals surface area contributed by atoms with Gasteiger partial charge in [0.25, 0.3) is 0 Å². The van der Waals surface area contributed by atoms with Gasteiger partial charge in [-0.25, -0.2) is 9.98 Å². The number of guanidine groups is 1. The van der Waals surface area contributed by atoms with Gasteiger partial charge in [0.1, 0.15) is 5.75 Å². The minimum atomic E-state index is 0. The quantitative estimate of drug-likeness (QED) is 0.272. The molecule has 0 aliphatic carbocycles. The molecule has 2 aromatic rings. The van der Waals surface area contributed by atoms with Gasteiger partial charge < -0.3 is 20.1 Å². The standard InChI is InChI=1S/C23H34N4O2S.HI/c1-5-24-23(25-10-8-22-17(3)27-18(4)30-22)26-13-20-7-6-16(2)12-21(20)29-15-19-9-11-28-14-19;/h6-7,12,19H,5,8-11,13-15H2,1-4H3,(H2,24,25,26);1H. The number of nitrogens with one attached hydrogen (secondary N) is 2. The second-order valence-electron chi connectivity index (χ2n) is 7.77. The van der Waals surface area contributed by atoms with Crippen LogP contribution in [0.25, 0.3) is 0 Å². The Hall–Kier alpha value is -1.39. The van der Waals surface area contributed by atoms with Gasteiger partial charge in [-0.1, -0.05) is 12.1 Å². The number of nitrogens with zero attached hydrogens (tertiary/aromatic N) is 2. The largest absolute Gasteiger partial charge is 0.493 e. The molecule has 0 saturated carbocycles. The number of aryl methyl sites for hydroxylation is 3. The van der Waals surface area contributed by atoms with Crippen molar-refractivity contribution in [3.63, 3.8) is 0 Å². The molecule has 1 atom stereocenters. The zero-order valence-corrected chi connectivity index (χ0v) is 22.1. The summed E-state index contributed by atoms with van der Waals surface area (Å²) in [5.41, 5.74) is 3.43. The zero-order chi connectivity index (χ0) is 21.3. The predicted octanol–water partition coefficient (Wildman–Crippen LogP) is 4.40. The number of hydrogen-bond acceptors (Lipinski definition) is 5. The van der Waals surface area contributed by atoms with Gasteiger partial charge in [0.15, 0.2) is 5.96 Å². The first-order chi connectivity index (χ1) is 14.5. The molecular formula is C23H35IN4O2S. The molecule has 0 radical (unpaired) electrons. The third kappa shape index (κ3) is 8.23. The Morgan fingerprint density at radius 1 is 1.29 bits per heavy atom. The lowest BCUT2D eigenvalue weighted by atomic mass is 10.1. The summed E-state index contributed by atoms with van der Waals surface area (Å²) in [4.78, 5) is 10.6. The number of aliphatic imine (C=N–C) groups is 1. The molecule has 6 nitrogen and oxygen atoms in total. The summed E-state index contributed by atoms with van der Waals surface area (Å²) >= 11 is 1.77. The van der Waals surface area contributed by atoms with Crippen molar-refractivity contribution < 1.29 is 9.47 Å². The lowest BCUT2D eigenvalue weighted by Crippen LogP contribution is -2.38. The van der Waals surface area contributed by atoms with E-state index < -0.39 is 0 Å². The van der Waals surface area contributed by atoms with Crippen LogP contribution in [-0.2, 0) is 17.7 Å². The molecule has 0 bridgehead atoms. The zero-order valence-electron chi connectivity index (χ0n) is 19.0. The SMILES string of the molecule is CCNC(=NCc1ccc(C)cc1OCC1CCOC1)NCCc1sc(C)nc1C.I. The Morgan fingerprint density at radius 3 is 2.81 bits per heavy atom. The first kappa shape index (κ1) is 25.9. The molecule has 172 valence electrons. The summed E-state index contributed by atoms with van der Waals surface area (Å²) in [5.74, 6) is 2.24. The molecule has 3 rings (SSSR count). The van der Waals surface area contributed by atoms with Crippen LogP contribution in [0.1, 0.15) is 40.1 Å². The third-order valence-electron chi connectivity index (χ3n) is 5.12. The molecule has 1 aromatic heterocycles. The summed E-state index contributed by atoms with van der Waals surface area (Å²) in [7, 11) is 0. The third-order valence-corrected chi connectivity index (χ3v) is 6.25. The second kappa shape index (κ2) is 13.2. The Labute approximate surface area is 207 Å². The molecular weight excluding hydrogens is 523 g/mol. The monoisotopic (exact) mass is 558 g/mol. The minimum Gasteiger partial charge on any atom is -0.493 e. The van der Waals surface area contributed by atoms with Crippen LogP contribution in [0, 0.1) is 26.7 Å². The highest BCUT2D eigenvalue weighted by Gasteiger charge is 2.17. The van der Waals surface area contributed by atoms with E-state index in [1.54, 1.807) is 11.3 Å². The van der Waals surface area contributed by atoms with Crippen molar-refractivity contribution in [3.05, 3.63) is 44.9 Å². The van der Waals surface area contributed by atoms with Gasteiger partial charge >= 0.3 is 0 Å². The van der Waals surface area contributed by atoms with Crippen molar-refractivity contribution in [1.29, 1.82) is 0 Å². The molecule has 0 spiro atoms. The second-order valence-corrected chi connectivity index (χ2v) is 9.05. The Bertz CT molecular complexity index is 850. The fraction of sp³-hybridized carbons (Fsp3) is 0.565. The Morgan fingerprint density at radius 2 is 2.13 bits per heavy atom. The van der Waals surface area contributed by atoms with Crippen LogP contribution in [0.2, 0.25) is 0 Å². The summed E-state index contributed by atoms with van der Waals surface area (Å²) < 4.78 is 11.6. The van der Waals surface area contributed by atoms with E-state index in [9.17, 15) is 0 Å². The summed E-state index contributed by atoms with van der Waals surface area (Å²) in [6, 6.07) is 6.34. The highest BCUT2D eigenvalue weighted by atomic mass is 127. The highest BCUT2D eigenvalue weighted by molar-refractivity contribution is 14.0. The average Bonchev–Trinajstić information content (AvgIpc) is 3.34. The molecule has 8 heteroatoms. The number of ether oxygens (including phenoxy) is 2. The molecule has 1 saturated heterocycles. The fourth-order valence-electron chi connectivity index (χ4n) is 3.45. The van der Waals surface area contributed by atoms with Gasteiger partial charge in [-0.2, -0.15) is 0 Å². The topological polar surface area (TPSA) is 67.8 Å². The van der Waals surface area contributed by atoms with Crippen LogP contribution in [0.5, 0.6) is 5.75 Å². The van der Waals surface area contributed by atoms with Crippen molar-refractivity contribution in [2.75, 3.05) is 32.9 Å². The molecule has 31 heavy (non-hydrogen) atoms. The summed E-state index contributed by atoms with van der Waals surface area (Å²) in [6.45, 7) is 12.9. The van der Waals surface area contributed by atoms with Crippen LogP contribution >= 0.6 is 35.3 Å². The number of benzene rings is 1. The molecule has 1 aliphatic heterocycles. The van der Waals surface area contributed by atoms with Crippen LogP contribution < -0.4 is 15.4 Å². The molecule has 2 N–H and O–H groups in total. The van der Waals surface area contributed by atoms with Gasteiger partial charge in [0.2, 0.25) is 0 Å². The van der Waals surface area contributed by atoms with Gasteiger partial charge in [0.05, 0.1) is 30.5 Å². The van der Waals surface area contributed by atoms with E-state index >= 15 is 0 Å². The maximum Gasteiger partial charge on any atom is 0.191 e. The predicted molar refractivity (Wildman–Crippen MR) is 139 cm³/mol. The van der Waals surface area contributed by atoms with E-state index in [1.807, 2.05) is 0 Å². The molecule has 2 heterocycles. The van der Waals surface area contributed by atoms with E-state index in [2.05, 4.69) is 61.5 Å². The molecule has 1 fully saturated rings. The molecule has 1 unspecified atom stereocenters. The number of aromatic nitrogens is 1. The van der Waals surface area contributed by atoms with Crippen molar-refractivity contribution in [2.45, 2.75) is 47.1 Å². The van der Waals surface area contributed by atoms with Crippen molar-refractivity contribution in [3.8, 4) is 5.75 Å². The highest BCUT2D eigenvalue weighted by Crippen LogP contribution is 2.23. The van der Waals surface area contributed by atoms with Crippen LogP contribution in [0.15, 0.2) is 23.2 Å². The maximum atomic E-state index is 6.15. The first-order valence-electron chi connectivity index (χ1n) is 10.8. The van der Waals surface area contributed by atoms with Gasteiger partial charge in [-0.15, -0.1) is 35.3 Å².